The van der Waals surface area contributed by atoms with E-state index >= 15 is 0 Å². The van der Waals surface area contributed by atoms with Gasteiger partial charge in [0.15, 0.2) is 11.5 Å². The summed E-state index contributed by atoms with van der Waals surface area (Å²) in [5, 5.41) is 3.91. The van der Waals surface area contributed by atoms with Gasteiger partial charge in [0.25, 0.3) is 7.82 Å². The number of hydrogen-bond acceptors (Lipinski definition) is 6. The van der Waals surface area contributed by atoms with E-state index in [0.717, 1.165) is 11.5 Å². The van der Waals surface area contributed by atoms with Crippen molar-refractivity contribution in [2.75, 3.05) is 47.5 Å². The van der Waals surface area contributed by atoms with Gasteiger partial charge in [0.2, 0.25) is 0 Å². The lowest BCUT2D eigenvalue weighted by Gasteiger charge is -2.25. The fourth-order valence-electron chi connectivity index (χ4n) is 1.22. The number of rotatable bonds is 4. The predicted octanol–water partition coefficient (Wildman–Crippen LogP) is 0.689. The third-order valence-corrected chi connectivity index (χ3v) is 3.42. The van der Waals surface area contributed by atoms with Crippen LogP contribution >= 0.6 is 19.2 Å². The Morgan fingerprint density at radius 1 is 1.35 bits per heavy atom. The fraction of sp³-hybridized carbons (Fsp3) is 0.636. The Morgan fingerprint density at radius 2 is 1.85 bits per heavy atom. The Labute approximate surface area is 122 Å². The monoisotopic (exact) mass is 325 g/mol. The molecular formula is C11H20NO6PS. The molecule has 0 spiro atoms. The summed E-state index contributed by atoms with van der Waals surface area (Å²) in [5.74, 6) is 1.79. The van der Waals surface area contributed by atoms with Crippen molar-refractivity contribution in [3.63, 3.8) is 0 Å². The smallest absolute Gasteiger partial charge is 0.265 e. The molecule has 1 aromatic rings. The molecule has 0 aromatic carbocycles. The average molecular weight is 325 g/mol. The summed E-state index contributed by atoms with van der Waals surface area (Å²) >= 11 is 1.61. The van der Waals surface area contributed by atoms with Crippen LogP contribution in [-0.2, 0) is 9.09 Å². The molecule has 2 heterocycles. The summed E-state index contributed by atoms with van der Waals surface area (Å²) in [6, 6.07) is 0. The summed E-state index contributed by atoms with van der Waals surface area (Å²) in [6.45, 7) is 1.92. The minimum absolute atomic E-state index is 0.0147. The molecule has 0 radical (unpaired) electrons. The number of quaternary nitrogens is 1. The molecule has 9 heteroatoms. The third kappa shape index (κ3) is 7.84. The number of phosphoric ester groups is 1. The molecule has 1 atom stereocenters. The number of likely N-dealkylation sites (N-methyl/N-ethyl adjacent to an activating group) is 1. The van der Waals surface area contributed by atoms with Gasteiger partial charge in [0.05, 0.1) is 21.1 Å². The highest BCUT2D eigenvalue weighted by atomic mass is 32.1. The lowest BCUT2D eigenvalue weighted by atomic mass is 10.5. The van der Waals surface area contributed by atoms with Crippen LogP contribution in [0.2, 0.25) is 0 Å². The SMILES string of the molecule is C[N+](C)(C)CCOP(=O)([O-])O.c1scc2c1OCCO2. The summed E-state index contributed by atoms with van der Waals surface area (Å²) in [4.78, 5) is 18.3. The van der Waals surface area contributed by atoms with E-state index < -0.39 is 7.82 Å². The number of ether oxygens (including phenoxy) is 2. The number of thiophene rings is 1. The molecule has 0 fully saturated rings. The minimum atomic E-state index is -4.51. The number of phosphoric acid groups is 1. The van der Waals surface area contributed by atoms with Crippen molar-refractivity contribution >= 4 is 19.2 Å². The van der Waals surface area contributed by atoms with E-state index in [4.69, 9.17) is 14.4 Å². The summed E-state index contributed by atoms with van der Waals surface area (Å²) in [6.07, 6.45) is 0. The number of hydrogen-bond donors (Lipinski definition) is 1. The van der Waals surface area contributed by atoms with Gasteiger partial charge in [-0.25, -0.2) is 0 Å². The van der Waals surface area contributed by atoms with Crippen molar-refractivity contribution in [2.24, 2.45) is 0 Å². The van der Waals surface area contributed by atoms with Gasteiger partial charge in [-0.1, -0.05) is 0 Å². The Balaban J connectivity index is 0.000000202. The van der Waals surface area contributed by atoms with E-state index in [9.17, 15) is 9.46 Å². The van der Waals surface area contributed by atoms with Crippen LogP contribution in [0.5, 0.6) is 11.5 Å². The Bertz CT molecular complexity index is 432. The number of nitrogens with zero attached hydrogens (tertiary/aromatic N) is 1. The summed E-state index contributed by atoms with van der Waals surface area (Å²) in [7, 11) is 1.19. The van der Waals surface area contributed by atoms with Crippen LogP contribution in [0.3, 0.4) is 0 Å². The van der Waals surface area contributed by atoms with Crippen molar-refractivity contribution < 1.29 is 32.8 Å². The molecular weight excluding hydrogens is 305 g/mol. The van der Waals surface area contributed by atoms with Gasteiger partial charge in [-0.15, -0.1) is 11.3 Å². The summed E-state index contributed by atoms with van der Waals surface area (Å²) in [5.41, 5.74) is 0. The molecule has 1 aromatic heterocycles. The van der Waals surface area contributed by atoms with E-state index in [0.29, 0.717) is 24.2 Å². The molecule has 0 bridgehead atoms. The molecule has 0 aliphatic carbocycles. The second-order valence-electron chi connectivity index (χ2n) is 5.11. The Kier molecular flexibility index (Phi) is 6.44. The zero-order valence-corrected chi connectivity index (χ0v) is 13.5. The quantitative estimate of drug-likeness (QED) is 0.647. The van der Waals surface area contributed by atoms with Gasteiger partial charge in [-0.2, -0.15) is 0 Å². The maximum absolute atomic E-state index is 10.1. The second-order valence-corrected chi connectivity index (χ2v) is 7.05. The van der Waals surface area contributed by atoms with Gasteiger partial charge in [0.1, 0.15) is 26.4 Å². The summed E-state index contributed by atoms with van der Waals surface area (Å²) < 4.78 is 25.3. The molecule has 1 unspecified atom stereocenters. The largest absolute Gasteiger partial charge is 0.756 e. The standard InChI is InChI=1S/C6H6O2S.C5H14NO4P/c1-2-8-6-4-9-3-5(6)7-1;1-6(2,3)4-5-10-11(7,8)9/h3-4H,1-2H2;4-5H2,1-3H3,(H-,7,8,9). The molecule has 1 aliphatic heterocycles. The van der Waals surface area contributed by atoms with Crippen LogP contribution in [0.1, 0.15) is 0 Å². The average Bonchev–Trinajstić information content (AvgIpc) is 2.73. The van der Waals surface area contributed by atoms with Crippen LogP contribution < -0.4 is 14.4 Å². The Morgan fingerprint density at radius 3 is 2.25 bits per heavy atom. The highest BCUT2D eigenvalue weighted by Gasteiger charge is 2.10. The highest BCUT2D eigenvalue weighted by Crippen LogP contribution is 2.33. The first kappa shape index (κ1) is 17.4. The normalized spacial score (nSPS) is 16.9. The molecule has 1 aliphatic rings. The molecule has 0 saturated heterocycles. The second kappa shape index (κ2) is 7.40. The van der Waals surface area contributed by atoms with Crippen molar-refractivity contribution in [3.05, 3.63) is 10.8 Å². The Hall–Kier alpha value is -0.630. The molecule has 0 amide bonds. The van der Waals surface area contributed by atoms with Gasteiger partial charge < -0.3 is 28.3 Å². The van der Waals surface area contributed by atoms with Gasteiger partial charge >= 0.3 is 0 Å². The van der Waals surface area contributed by atoms with Crippen molar-refractivity contribution in [1.82, 2.24) is 0 Å². The van der Waals surface area contributed by atoms with Gasteiger partial charge in [-0.05, 0) is 0 Å². The first-order valence-electron chi connectivity index (χ1n) is 5.98. The first-order valence-corrected chi connectivity index (χ1v) is 8.42. The van der Waals surface area contributed by atoms with Crippen LogP contribution in [0.4, 0.5) is 0 Å². The lowest BCUT2D eigenvalue weighted by molar-refractivity contribution is -0.870. The zero-order valence-electron chi connectivity index (χ0n) is 11.8. The molecule has 0 saturated carbocycles. The molecule has 2 rings (SSSR count). The fourth-order valence-corrected chi connectivity index (χ4v) is 2.21. The molecule has 7 nitrogen and oxygen atoms in total. The topological polar surface area (TPSA) is 88.1 Å². The van der Waals surface area contributed by atoms with Crippen LogP contribution in [0.25, 0.3) is 0 Å². The van der Waals surface area contributed by atoms with E-state index in [1.807, 2.05) is 31.9 Å². The maximum Gasteiger partial charge on any atom is 0.265 e. The van der Waals surface area contributed by atoms with Crippen molar-refractivity contribution in [2.45, 2.75) is 0 Å². The van der Waals surface area contributed by atoms with E-state index in [1.165, 1.54) is 0 Å². The third-order valence-electron chi connectivity index (χ3n) is 2.21. The van der Waals surface area contributed by atoms with Crippen molar-refractivity contribution in [1.29, 1.82) is 0 Å². The molecule has 116 valence electrons. The van der Waals surface area contributed by atoms with E-state index in [-0.39, 0.29) is 6.61 Å². The molecule has 20 heavy (non-hydrogen) atoms. The lowest BCUT2D eigenvalue weighted by Crippen LogP contribution is -2.37. The zero-order chi connectivity index (χ0) is 15.2. The van der Waals surface area contributed by atoms with Gasteiger partial charge in [-0.3, -0.25) is 4.57 Å². The van der Waals surface area contributed by atoms with Crippen LogP contribution in [0.15, 0.2) is 10.8 Å². The van der Waals surface area contributed by atoms with E-state index in [1.54, 1.807) is 11.3 Å². The van der Waals surface area contributed by atoms with E-state index in [2.05, 4.69) is 4.52 Å². The first-order chi connectivity index (χ1) is 9.17. The number of fused-ring (bicyclic) bond motifs is 1. The maximum atomic E-state index is 10.1. The van der Waals surface area contributed by atoms with Crippen LogP contribution in [-0.4, -0.2) is 56.9 Å². The van der Waals surface area contributed by atoms with Crippen molar-refractivity contribution in [3.8, 4) is 11.5 Å². The predicted molar refractivity (Wildman–Crippen MR) is 74.0 cm³/mol. The highest BCUT2D eigenvalue weighted by molar-refractivity contribution is 7.44. The van der Waals surface area contributed by atoms with Gasteiger partial charge in [0, 0.05) is 10.8 Å². The molecule has 1 N–H and O–H groups in total. The minimum Gasteiger partial charge on any atom is -0.756 e. The van der Waals surface area contributed by atoms with Crippen LogP contribution in [0, 0.1) is 0 Å².